The second kappa shape index (κ2) is 7.42. The quantitative estimate of drug-likeness (QED) is 0.621. The van der Waals surface area contributed by atoms with E-state index in [4.69, 9.17) is 9.47 Å². The molecule has 1 aliphatic rings. The van der Waals surface area contributed by atoms with Crippen molar-refractivity contribution in [3.05, 3.63) is 30.1 Å². The fourth-order valence-electron chi connectivity index (χ4n) is 2.67. The van der Waals surface area contributed by atoms with Crippen molar-refractivity contribution in [1.29, 1.82) is 0 Å². The van der Waals surface area contributed by atoms with Gasteiger partial charge in [0.2, 0.25) is 6.29 Å². The fraction of sp³-hybridized carbons (Fsp3) is 0.529. The second-order valence-corrected chi connectivity index (χ2v) is 6.06. The summed E-state index contributed by atoms with van der Waals surface area (Å²) in [6.07, 6.45) is 3.96. The first-order valence-corrected chi connectivity index (χ1v) is 7.93. The van der Waals surface area contributed by atoms with Crippen LogP contribution in [0.1, 0.15) is 49.9 Å². The number of ketones is 1. The van der Waals surface area contributed by atoms with Crippen molar-refractivity contribution in [2.75, 3.05) is 7.05 Å². The summed E-state index contributed by atoms with van der Waals surface area (Å²) < 4.78 is 10.2. The minimum atomic E-state index is -1.07. The van der Waals surface area contributed by atoms with E-state index in [1.807, 2.05) is 0 Å². The van der Waals surface area contributed by atoms with E-state index in [-0.39, 0.29) is 5.78 Å². The lowest BCUT2D eigenvalue weighted by atomic mass is 9.81. The third-order valence-corrected chi connectivity index (χ3v) is 4.39. The first kappa shape index (κ1) is 17.9. The maximum Gasteiger partial charge on any atom is 0.413 e. The molecular formula is C17H22N2O5. The summed E-state index contributed by atoms with van der Waals surface area (Å²) in [4.78, 5) is 41.5. The van der Waals surface area contributed by atoms with E-state index in [0.717, 1.165) is 12.8 Å². The largest absolute Gasteiger partial charge is 0.422 e. The van der Waals surface area contributed by atoms with Crippen LogP contribution in [0.4, 0.5) is 4.79 Å². The predicted molar refractivity (Wildman–Crippen MR) is 85.2 cm³/mol. The zero-order chi connectivity index (χ0) is 17.7. The molecule has 1 heterocycles. The molecule has 1 aliphatic carbocycles. The van der Waals surface area contributed by atoms with Crippen LogP contribution in [0, 0.1) is 0 Å². The van der Waals surface area contributed by atoms with Crippen LogP contribution in [0.3, 0.4) is 0 Å². The Morgan fingerprint density at radius 2 is 1.92 bits per heavy atom. The van der Waals surface area contributed by atoms with Crippen LogP contribution >= 0.6 is 0 Å². The van der Waals surface area contributed by atoms with Gasteiger partial charge in [-0.1, -0.05) is 6.42 Å². The van der Waals surface area contributed by atoms with Crippen molar-refractivity contribution in [2.24, 2.45) is 0 Å². The summed E-state index contributed by atoms with van der Waals surface area (Å²) in [6, 6.07) is 3.01. The van der Waals surface area contributed by atoms with Gasteiger partial charge in [-0.2, -0.15) is 0 Å². The van der Waals surface area contributed by atoms with E-state index in [2.05, 4.69) is 4.98 Å². The number of Topliss-reactive ketones (excluding diaryl/α,β-unsaturated/α-hetero) is 1. The number of nitrogens with zero attached hydrogens (tertiary/aromatic N) is 2. The summed E-state index contributed by atoms with van der Waals surface area (Å²) in [5.41, 5.74) is -0.555. The van der Waals surface area contributed by atoms with Crippen LogP contribution in [0.15, 0.2) is 24.5 Å². The molecule has 0 N–H and O–H groups in total. The number of aromatic nitrogens is 1. The number of hydrogen-bond acceptors (Lipinski definition) is 6. The summed E-state index contributed by atoms with van der Waals surface area (Å²) in [7, 11) is 1.53. The molecule has 1 saturated carbocycles. The molecule has 1 aromatic rings. The van der Waals surface area contributed by atoms with E-state index in [9.17, 15) is 14.4 Å². The van der Waals surface area contributed by atoms with E-state index >= 15 is 0 Å². The number of rotatable bonds is 4. The van der Waals surface area contributed by atoms with Gasteiger partial charge in [-0.3, -0.25) is 14.7 Å². The van der Waals surface area contributed by atoms with Crippen molar-refractivity contribution >= 4 is 17.8 Å². The van der Waals surface area contributed by atoms with Gasteiger partial charge in [-0.15, -0.1) is 0 Å². The van der Waals surface area contributed by atoms with Gasteiger partial charge in [-0.05, 0) is 31.9 Å². The highest BCUT2D eigenvalue weighted by atomic mass is 16.7. The Bertz CT molecular complexity index is 619. The SMILES string of the molecule is CC(OC(=O)c1ccncc1)OC(=O)N(C)[C@]1(C)CCCCC1=O. The van der Waals surface area contributed by atoms with Crippen LogP contribution in [0.5, 0.6) is 0 Å². The maximum absolute atomic E-state index is 12.3. The Morgan fingerprint density at radius 3 is 2.54 bits per heavy atom. The normalized spacial score (nSPS) is 21.7. The van der Waals surface area contributed by atoms with Crippen molar-refractivity contribution in [1.82, 2.24) is 9.88 Å². The number of likely N-dealkylation sites (N-methyl/N-ethyl adjacent to an activating group) is 1. The highest BCUT2D eigenvalue weighted by Crippen LogP contribution is 2.30. The molecule has 0 bridgehead atoms. The molecule has 0 aromatic carbocycles. The van der Waals surface area contributed by atoms with Crippen molar-refractivity contribution in [2.45, 2.75) is 51.4 Å². The Hall–Kier alpha value is -2.44. The monoisotopic (exact) mass is 334 g/mol. The number of ether oxygens (including phenoxy) is 2. The first-order valence-electron chi connectivity index (χ1n) is 7.93. The summed E-state index contributed by atoms with van der Waals surface area (Å²) in [6.45, 7) is 3.19. The highest BCUT2D eigenvalue weighted by Gasteiger charge is 2.42. The molecule has 130 valence electrons. The summed E-state index contributed by atoms with van der Waals surface area (Å²) >= 11 is 0. The van der Waals surface area contributed by atoms with Crippen LogP contribution < -0.4 is 0 Å². The molecule has 7 heteroatoms. The van der Waals surface area contributed by atoms with Crippen LogP contribution in [-0.4, -0.2) is 46.6 Å². The molecule has 24 heavy (non-hydrogen) atoms. The minimum Gasteiger partial charge on any atom is -0.422 e. The Balaban J connectivity index is 1.93. The van der Waals surface area contributed by atoms with Gasteiger partial charge in [0.05, 0.1) is 5.56 Å². The maximum atomic E-state index is 12.3. The molecule has 2 atom stereocenters. The van der Waals surface area contributed by atoms with Crippen molar-refractivity contribution in [3.63, 3.8) is 0 Å². The lowest BCUT2D eigenvalue weighted by Gasteiger charge is -2.39. The summed E-state index contributed by atoms with van der Waals surface area (Å²) in [5, 5.41) is 0. The molecule has 0 aliphatic heterocycles. The first-order chi connectivity index (χ1) is 11.3. The van der Waals surface area contributed by atoms with Gasteiger partial charge in [-0.25, -0.2) is 9.59 Å². The molecule has 0 spiro atoms. The Kier molecular flexibility index (Phi) is 5.54. The second-order valence-electron chi connectivity index (χ2n) is 6.06. The Labute approximate surface area is 140 Å². The van der Waals surface area contributed by atoms with Gasteiger partial charge >= 0.3 is 12.1 Å². The third-order valence-electron chi connectivity index (χ3n) is 4.39. The van der Waals surface area contributed by atoms with Crippen molar-refractivity contribution < 1.29 is 23.9 Å². The zero-order valence-corrected chi connectivity index (χ0v) is 14.2. The van der Waals surface area contributed by atoms with E-state index in [1.54, 1.807) is 6.92 Å². The molecule has 1 amide bonds. The standard InChI is InChI=1S/C17H22N2O5/c1-12(23-15(21)13-7-10-18-11-8-13)24-16(22)19(3)17(2)9-5-4-6-14(17)20/h7-8,10-12H,4-6,9H2,1-3H3/t12?,17-/m1/s1. The van der Waals surface area contributed by atoms with Crippen LogP contribution in [-0.2, 0) is 14.3 Å². The van der Waals surface area contributed by atoms with Crippen molar-refractivity contribution in [3.8, 4) is 0 Å². The number of pyridine rings is 1. The lowest BCUT2D eigenvalue weighted by Crippen LogP contribution is -2.55. The van der Waals surface area contributed by atoms with Gasteiger partial charge in [0, 0.05) is 32.8 Å². The molecular weight excluding hydrogens is 312 g/mol. The van der Waals surface area contributed by atoms with E-state index in [1.165, 1.54) is 43.4 Å². The van der Waals surface area contributed by atoms with Crippen LogP contribution in [0.25, 0.3) is 0 Å². The minimum absolute atomic E-state index is 0.0228. The fourth-order valence-corrected chi connectivity index (χ4v) is 2.67. The van der Waals surface area contributed by atoms with E-state index in [0.29, 0.717) is 18.4 Å². The molecule has 7 nitrogen and oxygen atoms in total. The molecule has 2 rings (SSSR count). The molecule has 1 unspecified atom stereocenters. The van der Waals surface area contributed by atoms with Gasteiger partial charge in [0.1, 0.15) is 5.54 Å². The zero-order valence-electron chi connectivity index (χ0n) is 14.2. The number of hydrogen-bond donors (Lipinski definition) is 0. The topological polar surface area (TPSA) is 85.8 Å². The molecule has 1 aromatic heterocycles. The number of carbonyl (C=O) groups is 3. The Morgan fingerprint density at radius 1 is 1.25 bits per heavy atom. The lowest BCUT2D eigenvalue weighted by molar-refractivity contribution is -0.133. The molecule has 1 fully saturated rings. The van der Waals surface area contributed by atoms with Gasteiger partial charge < -0.3 is 9.47 Å². The average Bonchev–Trinajstić information content (AvgIpc) is 2.57. The molecule has 0 radical (unpaired) electrons. The predicted octanol–water partition coefficient (Wildman–Crippen LogP) is 2.55. The number of carbonyl (C=O) groups excluding carboxylic acids is 3. The number of amides is 1. The van der Waals surface area contributed by atoms with Gasteiger partial charge in [0.25, 0.3) is 0 Å². The smallest absolute Gasteiger partial charge is 0.413 e. The number of esters is 1. The average molecular weight is 334 g/mol. The van der Waals surface area contributed by atoms with Crippen LogP contribution in [0.2, 0.25) is 0 Å². The van der Waals surface area contributed by atoms with Gasteiger partial charge in [0.15, 0.2) is 5.78 Å². The third kappa shape index (κ3) is 3.90. The highest BCUT2D eigenvalue weighted by molar-refractivity contribution is 5.92. The summed E-state index contributed by atoms with van der Waals surface area (Å²) in [5.74, 6) is -0.588. The molecule has 0 saturated heterocycles. The van der Waals surface area contributed by atoms with E-state index < -0.39 is 23.9 Å².